The third-order valence-electron chi connectivity index (χ3n) is 2.29. The van der Waals surface area contributed by atoms with E-state index in [0.29, 0.717) is 6.61 Å². The normalized spacial score (nSPS) is 12.4. The van der Waals surface area contributed by atoms with Crippen molar-refractivity contribution >= 4 is 12.0 Å². The van der Waals surface area contributed by atoms with Crippen LogP contribution in [0.2, 0.25) is 0 Å². The molecule has 98 valence electrons. The Morgan fingerprint density at radius 2 is 2.33 bits per heavy atom. The van der Waals surface area contributed by atoms with Crippen molar-refractivity contribution < 1.29 is 9.53 Å². The molecule has 1 aromatic heterocycles. The Hall–Kier alpha value is -1.84. The largest absolute Gasteiger partial charge is 0.492 e. The van der Waals surface area contributed by atoms with E-state index in [-0.39, 0.29) is 11.9 Å². The summed E-state index contributed by atoms with van der Waals surface area (Å²) in [6.07, 6.45) is 8.27. The maximum atomic E-state index is 10.8. The molecule has 0 aromatic carbocycles. The predicted octanol–water partition coefficient (Wildman–Crippen LogP) is 2.41. The van der Waals surface area contributed by atoms with Gasteiger partial charge in [0.15, 0.2) is 0 Å². The van der Waals surface area contributed by atoms with Gasteiger partial charge >= 0.3 is 0 Å². The number of carbonyl (C=O) groups excluding carboxylic acids is 1. The third-order valence-corrected chi connectivity index (χ3v) is 2.29. The maximum absolute atomic E-state index is 10.8. The molecule has 18 heavy (non-hydrogen) atoms. The molecular weight excluding hydrogens is 228 g/mol. The smallest absolute Gasteiger partial charge is 0.217 e. The summed E-state index contributed by atoms with van der Waals surface area (Å²) in [5, 5.41) is 2.83. The fourth-order valence-electron chi connectivity index (χ4n) is 1.59. The van der Waals surface area contributed by atoms with E-state index in [0.717, 1.165) is 17.7 Å². The molecule has 0 aliphatic carbocycles. The minimum Gasteiger partial charge on any atom is -0.492 e. The van der Waals surface area contributed by atoms with Gasteiger partial charge in [0.1, 0.15) is 5.75 Å². The Morgan fingerprint density at radius 1 is 1.56 bits per heavy atom. The molecule has 0 bridgehead atoms. The van der Waals surface area contributed by atoms with Gasteiger partial charge in [0.25, 0.3) is 0 Å². The van der Waals surface area contributed by atoms with Crippen LogP contribution in [-0.4, -0.2) is 23.5 Å². The lowest BCUT2D eigenvalue weighted by Gasteiger charge is -2.08. The minimum absolute atomic E-state index is 0.00379. The first-order valence-electron chi connectivity index (χ1n) is 6.13. The van der Waals surface area contributed by atoms with Crippen molar-refractivity contribution in [2.75, 3.05) is 6.61 Å². The summed E-state index contributed by atoms with van der Waals surface area (Å²) < 4.78 is 5.37. The van der Waals surface area contributed by atoms with E-state index >= 15 is 0 Å². The molecule has 4 nitrogen and oxygen atoms in total. The first-order chi connectivity index (χ1) is 8.61. The molecule has 1 N–H and O–H groups in total. The molecule has 1 amide bonds. The highest BCUT2D eigenvalue weighted by atomic mass is 16.5. The van der Waals surface area contributed by atoms with Crippen molar-refractivity contribution in [3.05, 3.63) is 30.1 Å². The molecule has 0 fully saturated rings. The quantitative estimate of drug-likeness (QED) is 0.841. The van der Waals surface area contributed by atoms with Crippen LogP contribution in [0.5, 0.6) is 5.75 Å². The van der Waals surface area contributed by atoms with Gasteiger partial charge in [0.05, 0.1) is 12.8 Å². The molecule has 1 unspecified atom stereocenters. The molecule has 1 rings (SSSR count). The lowest BCUT2D eigenvalue weighted by Crippen LogP contribution is -2.29. The fourth-order valence-corrected chi connectivity index (χ4v) is 1.59. The van der Waals surface area contributed by atoms with Crippen LogP contribution < -0.4 is 10.1 Å². The lowest BCUT2D eigenvalue weighted by atomic mass is 10.2. The second-order valence-corrected chi connectivity index (χ2v) is 4.13. The molecule has 0 saturated carbocycles. The second-order valence-electron chi connectivity index (χ2n) is 4.13. The first-order valence-corrected chi connectivity index (χ1v) is 6.13. The van der Waals surface area contributed by atoms with E-state index in [2.05, 4.69) is 10.3 Å². The lowest BCUT2D eigenvalue weighted by molar-refractivity contribution is -0.119. The summed E-state index contributed by atoms with van der Waals surface area (Å²) in [4.78, 5) is 14.9. The number of rotatable bonds is 6. The van der Waals surface area contributed by atoms with Crippen molar-refractivity contribution in [1.82, 2.24) is 10.3 Å². The van der Waals surface area contributed by atoms with Gasteiger partial charge in [-0.05, 0) is 31.9 Å². The first kappa shape index (κ1) is 14.2. The number of amides is 1. The average Bonchev–Trinajstić information content (AvgIpc) is 2.29. The van der Waals surface area contributed by atoms with Gasteiger partial charge in [-0.25, -0.2) is 0 Å². The Balaban J connectivity index is 2.50. The van der Waals surface area contributed by atoms with Crippen molar-refractivity contribution in [3.8, 4) is 5.75 Å². The molecule has 1 heterocycles. The van der Waals surface area contributed by atoms with Gasteiger partial charge in [-0.1, -0.05) is 12.2 Å². The highest BCUT2D eigenvalue weighted by Gasteiger charge is 2.00. The molecule has 0 spiro atoms. The standard InChI is InChI=1S/C14H20N2O2/c1-4-18-14-8-13(9-15-10-14)7-5-6-11(2)16-12(3)17/h5,7-11H,4,6H2,1-3H3,(H,16,17)/b7-5+. The Labute approximate surface area is 108 Å². The summed E-state index contributed by atoms with van der Waals surface area (Å²) in [6.45, 7) is 6.07. The zero-order valence-electron chi connectivity index (χ0n) is 11.1. The summed E-state index contributed by atoms with van der Waals surface area (Å²) in [6, 6.07) is 2.08. The summed E-state index contributed by atoms with van der Waals surface area (Å²) in [5.41, 5.74) is 0.996. The summed E-state index contributed by atoms with van der Waals surface area (Å²) in [7, 11) is 0. The van der Waals surface area contributed by atoms with Crippen LogP contribution in [0.25, 0.3) is 6.08 Å². The van der Waals surface area contributed by atoms with Crippen LogP contribution in [-0.2, 0) is 4.79 Å². The monoisotopic (exact) mass is 248 g/mol. The number of nitrogens with zero attached hydrogens (tertiary/aromatic N) is 1. The molecular formula is C14H20N2O2. The Kier molecular flexibility index (Phi) is 5.91. The van der Waals surface area contributed by atoms with Crippen molar-refractivity contribution in [3.63, 3.8) is 0 Å². The maximum Gasteiger partial charge on any atom is 0.217 e. The Bertz CT molecular complexity index is 416. The average molecular weight is 248 g/mol. The number of aromatic nitrogens is 1. The number of ether oxygens (including phenoxy) is 1. The number of pyridine rings is 1. The highest BCUT2D eigenvalue weighted by Crippen LogP contribution is 2.12. The van der Waals surface area contributed by atoms with Crippen LogP contribution in [0, 0.1) is 0 Å². The predicted molar refractivity (Wildman–Crippen MR) is 72.3 cm³/mol. The second kappa shape index (κ2) is 7.48. The van der Waals surface area contributed by atoms with Crippen molar-refractivity contribution in [2.24, 2.45) is 0 Å². The van der Waals surface area contributed by atoms with E-state index < -0.39 is 0 Å². The van der Waals surface area contributed by atoms with Gasteiger partial charge in [-0.3, -0.25) is 9.78 Å². The van der Waals surface area contributed by atoms with E-state index in [4.69, 9.17) is 4.74 Å². The van der Waals surface area contributed by atoms with Gasteiger partial charge in [-0.2, -0.15) is 0 Å². The SMILES string of the molecule is CCOc1cncc(/C=C/CC(C)NC(C)=O)c1. The van der Waals surface area contributed by atoms with Crippen LogP contribution >= 0.6 is 0 Å². The highest BCUT2D eigenvalue weighted by molar-refractivity contribution is 5.73. The van der Waals surface area contributed by atoms with Gasteiger partial charge in [0.2, 0.25) is 5.91 Å². The van der Waals surface area contributed by atoms with Crippen molar-refractivity contribution in [2.45, 2.75) is 33.2 Å². The fraction of sp³-hybridized carbons (Fsp3) is 0.429. The Morgan fingerprint density at radius 3 is 3.00 bits per heavy atom. The number of nitrogens with one attached hydrogen (secondary N) is 1. The zero-order chi connectivity index (χ0) is 13.4. The van der Waals surface area contributed by atoms with E-state index in [9.17, 15) is 4.79 Å². The molecule has 1 atom stereocenters. The molecule has 4 heteroatoms. The summed E-state index contributed by atoms with van der Waals surface area (Å²) in [5.74, 6) is 0.769. The topological polar surface area (TPSA) is 51.2 Å². The number of carbonyl (C=O) groups is 1. The molecule has 0 saturated heterocycles. The zero-order valence-corrected chi connectivity index (χ0v) is 11.1. The van der Waals surface area contributed by atoms with E-state index in [1.807, 2.05) is 32.1 Å². The molecule has 0 aliphatic rings. The van der Waals surface area contributed by atoms with Crippen LogP contribution in [0.4, 0.5) is 0 Å². The van der Waals surface area contributed by atoms with Crippen LogP contribution in [0.1, 0.15) is 32.8 Å². The van der Waals surface area contributed by atoms with Crippen LogP contribution in [0.3, 0.4) is 0 Å². The summed E-state index contributed by atoms with van der Waals surface area (Å²) >= 11 is 0. The van der Waals surface area contributed by atoms with Gasteiger partial charge < -0.3 is 10.1 Å². The molecule has 0 radical (unpaired) electrons. The van der Waals surface area contributed by atoms with Crippen LogP contribution in [0.15, 0.2) is 24.5 Å². The molecule has 0 aliphatic heterocycles. The van der Waals surface area contributed by atoms with E-state index in [1.54, 1.807) is 12.4 Å². The number of hydrogen-bond donors (Lipinski definition) is 1. The minimum atomic E-state index is -0.00379. The van der Waals surface area contributed by atoms with Gasteiger partial charge in [0, 0.05) is 19.2 Å². The van der Waals surface area contributed by atoms with E-state index in [1.165, 1.54) is 6.92 Å². The molecule has 1 aromatic rings. The van der Waals surface area contributed by atoms with Gasteiger partial charge in [-0.15, -0.1) is 0 Å². The number of hydrogen-bond acceptors (Lipinski definition) is 3. The third kappa shape index (κ3) is 5.48. The van der Waals surface area contributed by atoms with Crippen molar-refractivity contribution in [1.29, 1.82) is 0 Å².